The van der Waals surface area contributed by atoms with Gasteiger partial charge in [-0.15, -0.1) is 37.2 Å². The van der Waals surface area contributed by atoms with Crippen LogP contribution < -0.4 is 24.8 Å². The van der Waals surface area contributed by atoms with E-state index in [0.29, 0.717) is 0 Å². The van der Waals surface area contributed by atoms with Crippen molar-refractivity contribution in [3.05, 3.63) is 0 Å². The molecular formula is C2H8AlCl5. The van der Waals surface area contributed by atoms with E-state index in [4.69, 9.17) is 0 Å². The van der Waals surface area contributed by atoms with Crippen LogP contribution in [0.3, 0.4) is 0 Å². The Morgan fingerprint density at radius 2 is 1.00 bits per heavy atom. The van der Waals surface area contributed by atoms with Crippen LogP contribution in [-0.2, 0) is 0 Å². The van der Waals surface area contributed by atoms with Crippen molar-refractivity contribution in [1.82, 2.24) is 0 Å². The molecule has 0 aliphatic rings. The summed E-state index contributed by atoms with van der Waals surface area (Å²) in [6, 6.07) is 0. The van der Waals surface area contributed by atoms with Gasteiger partial charge in [0.2, 0.25) is 0 Å². The van der Waals surface area contributed by atoms with Crippen molar-refractivity contribution in [3.63, 3.8) is 0 Å². The Bertz CT molecular complexity index is 10.4. The first-order valence-electron chi connectivity index (χ1n) is 1.12. The molecule has 0 nitrogen and oxygen atoms in total. The standard InChI is InChI=1S/C2H5.Al.5ClH/c1-2;;;;;;/h1H2,2H3;;5*1H/q;+2;;;;;/p-2. The molecule has 0 aromatic rings. The van der Waals surface area contributed by atoms with Gasteiger partial charge in [-0.1, -0.05) is 0 Å². The largest absolute Gasteiger partial charge is 1.00 e. The third-order valence-corrected chi connectivity index (χ3v) is 0. The first-order valence-corrected chi connectivity index (χ1v) is 1.93. The molecule has 0 aromatic heterocycles. The molecule has 54 valence electrons. The van der Waals surface area contributed by atoms with Gasteiger partial charge in [0.1, 0.15) is 0 Å². The summed E-state index contributed by atoms with van der Waals surface area (Å²) < 4.78 is 0. The van der Waals surface area contributed by atoms with Crippen molar-refractivity contribution in [2.45, 2.75) is 12.2 Å². The van der Waals surface area contributed by atoms with Crippen LogP contribution in [0.25, 0.3) is 0 Å². The van der Waals surface area contributed by atoms with Gasteiger partial charge in [0, 0.05) is 0 Å². The summed E-state index contributed by atoms with van der Waals surface area (Å²) in [5.41, 5.74) is 0. The second kappa shape index (κ2) is 64.3. The van der Waals surface area contributed by atoms with Crippen molar-refractivity contribution < 1.29 is 24.8 Å². The fourth-order valence-electron chi connectivity index (χ4n) is 0. The van der Waals surface area contributed by atoms with Gasteiger partial charge in [0.25, 0.3) is 0 Å². The molecule has 0 amide bonds. The first-order chi connectivity index (χ1) is 1.41. The molecule has 6 heteroatoms. The molecule has 8 heavy (non-hydrogen) atoms. The fourth-order valence-corrected chi connectivity index (χ4v) is 0. The van der Waals surface area contributed by atoms with E-state index in [1.165, 1.54) is 5.28 Å². The molecule has 0 unspecified atom stereocenters. The molecule has 0 aromatic carbocycles. The zero-order chi connectivity index (χ0) is 2.71. The van der Waals surface area contributed by atoms with Gasteiger partial charge in [-0.3, -0.25) is 0 Å². The predicted octanol–water partition coefficient (Wildman–Crippen LogP) is -4.13. The minimum atomic E-state index is 0. The number of hydrogen-bond donors (Lipinski definition) is 0. The van der Waals surface area contributed by atoms with E-state index in [-0.39, 0.29) is 62.0 Å². The summed E-state index contributed by atoms with van der Waals surface area (Å²) >= 11 is 2.58. The molecule has 0 saturated heterocycles. The molecule has 0 rings (SSSR count). The topological polar surface area (TPSA) is 0 Å². The minimum absolute atomic E-state index is 0. The second-order valence-corrected chi connectivity index (χ2v) is 1.22. The van der Waals surface area contributed by atoms with Crippen LogP contribution in [0.15, 0.2) is 0 Å². The monoisotopic (exact) mass is 234 g/mol. The normalized spacial score (nSPS) is 2.38. The first kappa shape index (κ1) is 50.8. The van der Waals surface area contributed by atoms with E-state index in [0.717, 1.165) is 0 Å². The number of halogens is 5. The number of hydrogen-bond acceptors (Lipinski definition) is 0. The zero-order valence-corrected chi connectivity index (χ0v) is 9.38. The Balaban J connectivity index is -0.00000000200. The van der Waals surface area contributed by atoms with Gasteiger partial charge in [0.15, 0.2) is 0 Å². The van der Waals surface area contributed by atoms with Crippen LogP contribution in [0, 0.1) is 0 Å². The maximum Gasteiger partial charge on any atom is -0.147 e. The van der Waals surface area contributed by atoms with Crippen molar-refractivity contribution >= 4 is 53.5 Å². The second-order valence-electron chi connectivity index (χ2n) is 0.408. The summed E-state index contributed by atoms with van der Waals surface area (Å²) in [4.78, 5) is 0. The molecule has 0 N–H and O–H groups in total. The van der Waals surface area contributed by atoms with E-state index < -0.39 is 0 Å². The van der Waals surface area contributed by atoms with E-state index >= 15 is 0 Å². The molecule has 0 bridgehead atoms. The average Bonchev–Trinajstić information content (AvgIpc) is 0.918. The van der Waals surface area contributed by atoms with E-state index in [2.05, 4.69) is 23.2 Å². The van der Waals surface area contributed by atoms with E-state index in [1.54, 1.807) is 0 Å². The van der Waals surface area contributed by atoms with E-state index in [1.807, 2.05) is 0 Å². The van der Waals surface area contributed by atoms with Gasteiger partial charge < -0.3 is 24.8 Å². The minimum Gasteiger partial charge on any atom is -1.00 e. The van der Waals surface area contributed by atoms with Crippen LogP contribution in [0.5, 0.6) is 0 Å². The van der Waals surface area contributed by atoms with Crippen molar-refractivity contribution in [3.8, 4) is 0 Å². The van der Waals surface area contributed by atoms with Crippen LogP contribution in [-0.4, -0.2) is 16.3 Å². The molecule has 0 aliphatic carbocycles. The average molecular weight is 236 g/mol. The van der Waals surface area contributed by atoms with Gasteiger partial charge in [-0.2, -0.15) is 0 Å². The zero-order valence-electron chi connectivity index (χ0n) is 4.27. The smallest absolute Gasteiger partial charge is 0.147 e. The molecule has 0 heterocycles. The maximum atomic E-state index is 2.58. The maximum absolute atomic E-state index is 2.58. The van der Waals surface area contributed by atoms with Crippen molar-refractivity contribution in [2.75, 3.05) is 0 Å². The molecule has 0 spiro atoms. The molecule has 0 saturated carbocycles. The molecule has 0 radical (unpaired) electrons. The van der Waals surface area contributed by atoms with Gasteiger partial charge >= 0.3 is 28.5 Å². The summed E-state index contributed by atoms with van der Waals surface area (Å²) in [6.07, 6.45) is 0. The van der Waals surface area contributed by atoms with Crippen LogP contribution in [0.4, 0.5) is 0 Å². The molecule has 0 fully saturated rings. The Morgan fingerprint density at radius 3 is 1.00 bits per heavy atom. The summed E-state index contributed by atoms with van der Waals surface area (Å²) in [7, 11) is 0. The van der Waals surface area contributed by atoms with Crippen LogP contribution in [0.1, 0.15) is 6.92 Å². The quantitative estimate of drug-likeness (QED) is 0.375. The van der Waals surface area contributed by atoms with Crippen LogP contribution in [0.2, 0.25) is 5.28 Å². The summed E-state index contributed by atoms with van der Waals surface area (Å²) in [5.74, 6) is 0. The van der Waals surface area contributed by atoms with Gasteiger partial charge in [-0.05, 0) is 0 Å². The Labute approximate surface area is 90.0 Å². The molecular weight excluding hydrogens is 228 g/mol. The third kappa shape index (κ3) is 99.0. The third-order valence-electron chi connectivity index (χ3n) is 0. The van der Waals surface area contributed by atoms with Gasteiger partial charge in [0.05, 0.1) is 0 Å². The Hall–Kier alpha value is 1.98. The Kier molecular flexibility index (Phi) is 408. The van der Waals surface area contributed by atoms with Crippen molar-refractivity contribution in [1.29, 1.82) is 0 Å². The Morgan fingerprint density at radius 1 is 1.00 bits per heavy atom. The van der Waals surface area contributed by atoms with Crippen LogP contribution >= 0.6 is 37.2 Å². The predicted molar refractivity (Wildman–Crippen MR) is 38.0 cm³/mol. The summed E-state index contributed by atoms with van der Waals surface area (Å²) in [6.45, 7) is 2.09. The SMILES string of the molecule is C[CH2][Al+2].Cl.Cl.Cl.[Cl-].[Cl-]. The van der Waals surface area contributed by atoms with Gasteiger partial charge in [-0.25, -0.2) is 0 Å². The fraction of sp³-hybridized carbons (Fsp3) is 1.00. The summed E-state index contributed by atoms with van der Waals surface area (Å²) in [5, 5.41) is 1.17. The van der Waals surface area contributed by atoms with E-state index in [9.17, 15) is 0 Å². The molecule has 0 aliphatic heterocycles. The number of rotatable bonds is 0. The van der Waals surface area contributed by atoms with Crippen molar-refractivity contribution in [2.24, 2.45) is 0 Å². The molecule has 0 atom stereocenters.